The Balaban J connectivity index is 0.000000271. The molecule has 25 heavy (non-hydrogen) atoms. The lowest BCUT2D eigenvalue weighted by Crippen LogP contribution is -2.23. The van der Waals surface area contributed by atoms with Crippen LogP contribution < -0.4 is 0 Å². The summed E-state index contributed by atoms with van der Waals surface area (Å²) in [6.45, 7) is 8.48. The van der Waals surface area contributed by atoms with Crippen LogP contribution in [0.25, 0.3) is 0 Å². The minimum absolute atomic E-state index is 0.0289. The van der Waals surface area contributed by atoms with E-state index >= 15 is 0 Å². The SMILES string of the molecule is CC(C)C(=O)OCC(=O)OC1CCCO1.CC(C)C(=O)OCC1CO1. The fourth-order valence-corrected chi connectivity index (χ4v) is 1.62. The lowest BCUT2D eigenvalue weighted by molar-refractivity contribution is -0.178. The third-order valence-corrected chi connectivity index (χ3v) is 3.24. The second kappa shape index (κ2) is 11.0. The van der Waals surface area contributed by atoms with Crippen molar-refractivity contribution in [2.24, 2.45) is 11.8 Å². The van der Waals surface area contributed by atoms with Gasteiger partial charge in [0.2, 0.25) is 6.29 Å². The van der Waals surface area contributed by atoms with Crippen LogP contribution in [0.4, 0.5) is 0 Å². The van der Waals surface area contributed by atoms with Gasteiger partial charge in [-0.2, -0.15) is 0 Å². The largest absolute Gasteiger partial charge is 0.463 e. The molecule has 2 atom stereocenters. The van der Waals surface area contributed by atoms with Gasteiger partial charge in [-0.15, -0.1) is 0 Å². The number of carbonyl (C=O) groups excluding carboxylic acids is 3. The van der Waals surface area contributed by atoms with Crippen molar-refractivity contribution in [3.8, 4) is 0 Å². The number of hydrogen-bond acceptors (Lipinski definition) is 8. The van der Waals surface area contributed by atoms with Crippen LogP contribution in [0.1, 0.15) is 40.5 Å². The summed E-state index contributed by atoms with van der Waals surface area (Å²) in [5.41, 5.74) is 0. The number of epoxide rings is 1. The van der Waals surface area contributed by atoms with Crippen molar-refractivity contribution in [2.45, 2.75) is 52.9 Å². The fourth-order valence-electron chi connectivity index (χ4n) is 1.62. The fraction of sp³-hybridized carbons (Fsp3) is 0.824. The molecule has 2 saturated heterocycles. The first-order chi connectivity index (χ1) is 11.8. The smallest absolute Gasteiger partial charge is 0.346 e. The van der Waals surface area contributed by atoms with Crippen LogP contribution in [-0.4, -0.2) is 56.7 Å². The van der Waals surface area contributed by atoms with Gasteiger partial charge in [0.1, 0.15) is 12.7 Å². The van der Waals surface area contributed by atoms with E-state index < -0.39 is 18.2 Å². The van der Waals surface area contributed by atoms with Crippen LogP contribution in [0, 0.1) is 11.8 Å². The van der Waals surface area contributed by atoms with Gasteiger partial charge in [-0.05, 0) is 6.42 Å². The van der Waals surface area contributed by atoms with Gasteiger partial charge in [-0.25, -0.2) is 4.79 Å². The molecule has 2 heterocycles. The first-order valence-corrected chi connectivity index (χ1v) is 8.55. The van der Waals surface area contributed by atoms with E-state index in [-0.39, 0.29) is 30.5 Å². The maximum absolute atomic E-state index is 11.1. The monoisotopic (exact) mass is 360 g/mol. The van der Waals surface area contributed by atoms with Gasteiger partial charge in [0.25, 0.3) is 0 Å². The normalized spacial score (nSPS) is 21.4. The predicted octanol–water partition coefficient (Wildman–Crippen LogP) is 1.45. The number of hydrogen-bond donors (Lipinski definition) is 0. The first-order valence-electron chi connectivity index (χ1n) is 8.55. The summed E-state index contributed by atoms with van der Waals surface area (Å²) in [5, 5.41) is 0. The highest BCUT2D eigenvalue weighted by Crippen LogP contribution is 2.13. The Kier molecular flexibility index (Phi) is 9.44. The molecule has 0 saturated carbocycles. The zero-order chi connectivity index (χ0) is 18.8. The molecule has 2 aliphatic rings. The molecule has 0 radical (unpaired) electrons. The van der Waals surface area contributed by atoms with E-state index in [1.54, 1.807) is 13.8 Å². The van der Waals surface area contributed by atoms with Crippen LogP contribution in [0.3, 0.4) is 0 Å². The van der Waals surface area contributed by atoms with Crippen LogP contribution in [0.15, 0.2) is 0 Å². The van der Waals surface area contributed by atoms with Crippen LogP contribution in [-0.2, 0) is 38.1 Å². The summed E-state index contributed by atoms with van der Waals surface area (Å²) in [6.07, 6.45) is 1.33. The Morgan fingerprint density at radius 2 is 1.60 bits per heavy atom. The molecule has 0 N–H and O–H groups in total. The number of esters is 3. The Bertz CT molecular complexity index is 436. The Hall–Kier alpha value is -1.67. The minimum atomic E-state index is -0.559. The lowest BCUT2D eigenvalue weighted by Gasteiger charge is -2.11. The number of rotatable bonds is 7. The summed E-state index contributed by atoms with van der Waals surface area (Å²) >= 11 is 0. The quantitative estimate of drug-likeness (QED) is 0.382. The molecule has 8 nitrogen and oxygen atoms in total. The van der Waals surface area contributed by atoms with Crippen molar-refractivity contribution in [1.29, 1.82) is 0 Å². The van der Waals surface area contributed by atoms with Gasteiger partial charge in [-0.3, -0.25) is 9.59 Å². The van der Waals surface area contributed by atoms with Gasteiger partial charge in [0.05, 0.1) is 25.0 Å². The van der Waals surface area contributed by atoms with Crippen molar-refractivity contribution in [2.75, 3.05) is 26.4 Å². The molecule has 0 aliphatic carbocycles. The maximum atomic E-state index is 11.1. The minimum Gasteiger partial charge on any atom is -0.463 e. The van der Waals surface area contributed by atoms with Gasteiger partial charge in [-0.1, -0.05) is 27.7 Å². The Labute approximate surface area is 148 Å². The molecular formula is C17H28O8. The average molecular weight is 360 g/mol. The lowest BCUT2D eigenvalue weighted by atomic mass is 10.2. The molecule has 0 amide bonds. The van der Waals surface area contributed by atoms with E-state index in [0.29, 0.717) is 19.6 Å². The molecule has 2 fully saturated rings. The maximum Gasteiger partial charge on any atom is 0.346 e. The van der Waals surface area contributed by atoms with E-state index in [2.05, 4.69) is 0 Å². The summed E-state index contributed by atoms with van der Waals surface area (Å²) in [6, 6.07) is 0. The third-order valence-electron chi connectivity index (χ3n) is 3.24. The van der Waals surface area contributed by atoms with Crippen molar-refractivity contribution >= 4 is 17.9 Å². The highest BCUT2D eigenvalue weighted by atomic mass is 16.7. The van der Waals surface area contributed by atoms with Crippen molar-refractivity contribution in [1.82, 2.24) is 0 Å². The molecule has 0 bridgehead atoms. The van der Waals surface area contributed by atoms with E-state index in [4.69, 9.17) is 23.7 Å². The Morgan fingerprint density at radius 3 is 2.08 bits per heavy atom. The summed E-state index contributed by atoms with van der Waals surface area (Å²) in [7, 11) is 0. The van der Waals surface area contributed by atoms with Crippen LogP contribution in [0.2, 0.25) is 0 Å². The highest BCUT2D eigenvalue weighted by molar-refractivity contribution is 5.77. The Morgan fingerprint density at radius 1 is 1.00 bits per heavy atom. The zero-order valence-corrected chi connectivity index (χ0v) is 15.3. The standard InChI is InChI=1S/C10H16O5.C7H12O3/c1-7(2)10(12)14-6-8(11)15-9-4-3-5-13-9;1-5(2)7(8)10-4-6-3-9-6/h7,9H,3-6H2,1-2H3;5-6H,3-4H2,1-2H3. The highest BCUT2D eigenvalue weighted by Gasteiger charge is 2.24. The molecule has 2 rings (SSSR count). The van der Waals surface area contributed by atoms with Gasteiger partial charge in [0.15, 0.2) is 6.61 Å². The predicted molar refractivity (Wildman–Crippen MR) is 86.4 cm³/mol. The second-order valence-corrected chi connectivity index (χ2v) is 6.43. The van der Waals surface area contributed by atoms with E-state index in [9.17, 15) is 14.4 Å². The average Bonchev–Trinajstić information content (AvgIpc) is 3.26. The third kappa shape index (κ3) is 10.0. The number of carbonyl (C=O) groups is 3. The van der Waals surface area contributed by atoms with E-state index in [1.807, 2.05) is 13.8 Å². The summed E-state index contributed by atoms with van der Waals surface area (Å²) in [5.74, 6) is -1.37. The second-order valence-electron chi connectivity index (χ2n) is 6.43. The zero-order valence-electron chi connectivity index (χ0n) is 15.3. The molecule has 0 spiro atoms. The van der Waals surface area contributed by atoms with Crippen molar-refractivity contribution in [3.05, 3.63) is 0 Å². The van der Waals surface area contributed by atoms with Gasteiger partial charge >= 0.3 is 17.9 Å². The first kappa shape index (κ1) is 21.4. The van der Waals surface area contributed by atoms with Crippen LogP contribution >= 0.6 is 0 Å². The summed E-state index contributed by atoms with van der Waals surface area (Å²) < 4.78 is 24.4. The van der Waals surface area contributed by atoms with E-state index in [1.165, 1.54) is 0 Å². The molecule has 0 aromatic rings. The van der Waals surface area contributed by atoms with Gasteiger partial charge < -0.3 is 23.7 Å². The molecule has 2 unspecified atom stereocenters. The number of ether oxygens (including phenoxy) is 5. The molecule has 8 heteroatoms. The van der Waals surface area contributed by atoms with Crippen molar-refractivity contribution in [3.63, 3.8) is 0 Å². The van der Waals surface area contributed by atoms with Crippen LogP contribution in [0.5, 0.6) is 0 Å². The van der Waals surface area contributed by atoms with E-state index in [0.717, 1.165) is 13.0 Å². The van der Waals surface area contributed by atoms with Crippen molar-refractivity contribution < 1.29 is 38.1 Å². The molecule has 0 aromatic heterocycles. The van der Waals surface area contributed by atoms with Gasteiger partial charge in [0, 0.05) is 6.42 Å². The topological polar surface area (TPSA) is 101 Å². The molecule has 0 aromatic carbocycles. The molecular weight excluding hydrogens is 332 g/mol. The summed E-state index contributed by atoms with van der Waals surface area (Å²) in [4.78, 5) is 33.0. The molecule has 144 valence electrons. The molecule has 2 aliphatic heterocycles.